The van der Waals surface area contributed by atoms with Crippen LogP contribution in [0, 0.1) is 0 Å². The lowest BCUT2D eigenvalue weighted by atomic mass is 10.1. The molecule has 0 bridgehead atoms. The van der Waals surface area contributed by atoms with Gasteiger partial charge in [-0.1, -0.05) is 48.5 Å². The zero-order valence-corrected chi connectivity index (χ0v) is 17.9. The first-order valence-corrected chi connectivity index (χ1v) is 10.5. The molecule has 1 N–H and O–H groups in total. The number of fused-ring (bicyclic) bond motifs is 1. The van der Waals surface area contributed by atoms with Gasteiger partial charge in [0.15, 0.2) is 11.5 Å². The van der Waals surface area contributed by atoms with E-state index in [4.69, 9.17) is 14.2 Å². The van der Waals surface area contributed by atoms with E-state index in [-0.39, 0.29) is 0 Å². The van der Waals surface area contributed by atoms with E-state index in [9.17, 15) is 0 Å². The summed E-state index contributed by atoms with van der Waals surface area (Å²) in [5.74, 6) is 2.36. The van der Waals surface area contributed by atoms with E-state index in [1.54, 1.807) is 7.11 Å². The van der Waals surface area contributed by atoms with Crippen LogP contribution in [0.25, 0.3) is 10.8 Å². The van der Waals surface area contributed by atoms with Crippen molar-refractivity contribution in [1.29, 1.82) is 0 Å². The monoisotopic (exact) mass is 413 g/mol. The molecule has 4 aromatic rings. The fraction of sp³-hybridized carbons (Fsp3) is 0.185. The van der Waals surface area contributed by atoms with Gasteiger partial charge < -0.3 is 19.5 Å². The van der Waals surface area contributed by atoms with Crippen molar-refractivity contribution in [3.05, 3.63) is 96.1 Å². The minimum Gasteiger partial charge on any atom is -0.497 e. The Morgan fingerprint density at radius 1 is 0.774 bits per heavy atom. The molecule has 31 heavy (non-hydrogen) atoms. The average molecular weight is 414 g/mol. The van der Waals surface area contributed by atoms with Crippen LogP contribution in [0.15, 0.2) is 84.9 Å². The Kier molecular flexibility index (Phi) is 6.58. The van der Waals surface area contributed by atoms with Gasteiger partial charge in [-0.15, -0.1) is 0 Å². The minimum atomic E-state index is 0.491. The molecular weight excluding hydrogens is 386 g/mol. The fourth-order valence-corrected chi connectivity index (χ4v) is 3.54. The first-order chi connectivity index (χ1) is 15.3. The summed E-state index contributed by atoms with van der Waals surface area (Å²) in [5, 5.41) is 5.85. The van der Waals surface area contributed by atoms with Crippen molar-refractivity contribution in [3.63, 3.8) is 0 Å². The summed E-state index contributed by atoms with van der Waals surface area (Å²) in [6.45, 7) is 3.75. The molecule has 0 saturated heterocycles. The van der Waals surface area contributed by atoms with E-state index in [1.165, 1.54) is 10.8 Å². The van der Waals surface area contributed by atoms with Crippen molar-refractivity contribution in [3.8, 4) is 17.2 Å². The summed E-state index contributed by atoms with van der Waals surface area (Å²) >= 11 is 0. The molecule has 4 heteroatoms. The van der Waals surface area contributed by atoms with Gasteiger partial charge in [-0.3, -0.25) is 0 Å². The number of hydrogen-bond acceptors (Lipinski definition) is 4. The molecule has 0 aliphatic rings. The van der Waals surface area contributed by atoms with Crippen LogP contribution in [0.4, 0.5) is 5.69 Å². The van der Waals surface area contributed by atoms with Gasteiger partial charge >= 0.3 is 0 Å². The number of benzene rings is 4. The van der Waals surface area contributed by atoms with Crippen LogP contribution >= 0.6 is 0 Å². The van der Waals surface area contributed by atoms with Crippen LogP contribution in [0.2, 0.25) is 0 Å². The highest BCUT2D eigenvalue weighted by Crippen LogP contribution is 2.30. The van der Waals surface area contributed by atoms with Crippen molar-refractivity contribution in [1.82, 2.24) is 0 Å². The van der Waals surface area contributed by atoms with Crippen LogP contribution in [-0.2, 0) is 13.2 Å². The molecule has 4 nitrogen and oxygen atoms in total. The molecule has 0 radical (unpaired) electrons. The summed E-state index contributed by atoms with van der Waals surface area (Å²) in [7, 11) is 1.67. The lowest BCUT2D eigenvalue weighted by Crippen LogP contribution is -2.03. The summed E-state index contributed by atoms with van der Waals surface area (Å²) < 4.78 is 17.2. The summed E-state index contributed by atoms with van der Waals surface area (Å²) in [5.41, 5.74) is 3.32. The van der Waals surface area contributed by atoms with Gasteiger partial charge in [0, 0.05) is 12.2 Å². The average Bonchev–Trinajstić information content (AvgIpc) is 2.82. The van der Waals surface area contributed by atoms with E-state index in [0.717, 1.165) is 34.1 Å². The molecule has 0 heterocycles. The summed E-state index contributed by atoms with van der Waals surface area (Å²) in [6, 6.07) is 28.6. The third-order valence-electron chi connectivity index (χ3n) is 5.16. The van der Waals surface area contributed by atoms with Gasteiger partial charge in [0.1, 0.15) is 12.4 Å². The summed E-state index contributed by atoms with van der Waals surface area (Å²) in [6.07, 6.45) is 0. The zero-order chi connectivity index (χ0) is 21.5. The first-order valence-electron chi connectivity index (χ1n) is 10.5. The SMILES string of the molecule is CCOc1cc(CNc2ccc(OC)cc2)ccc1OCc1cccc2ccccc12. The number of hydrogen-bond donors (Lipinski definition) is 1. The third kappa shape index (κ3) is 5.10. The van der Waals surface area contributed by atoms with Crippen LogP contribution < -0.4 is 19.5 Å². The Balaban J connectivity index is 1.46. The van der Waals surface area contributed by atoms with Crippen LogP contribution in [0.5, 0.6) is 17.2 Å². The molecule has 0 amide bonds. The number of rotatable bonds is 9. The van der Waals surface area contributed by atoms with E-state index in [2.05, 4.69) is 53.8 Å². The minimum absolute atomic E-state index is 0.491. The molecule has 0 unspecified atom stereocenters. The standard InChI is InChI=1S/C27H27NO3/c1-3-30-27-17-20(18-28-23-12-14-24(29-2)15-13-23)11-16-26(27)31-19-22-9-6-8-21-7-4-5-10-25(21)22/h4-17,28H,3,18-19H2,1-2H3. The second-order valence-corrected chi connectivity index (χ2v) is 7.22. The predicted octanol–water partition coefficient (Wildman–Crippen LogP) is 6.44. The van der Waals surface area contributed by atoms with Crippen LogP contribution in [-0.4, -0.2) is 13.7 Å². The van der Waals surface area contributed by atoms with E-state index >= 15 is 0 Å². The predicted molar refractivity (Wildman–Crippen MR) is 126 cm³/mol. The second-order valence-electron chi connectivity index (χ2n) is 7.22. The molecule has 4 aromatic carbocycles. The van der Waals surface area contributed by atoms with Gasteiger partial charge in [-0.25, -0.2) is 0 Å². The number of nitrogens with one attached hydrogen (secondary N) is 1. The largest absolute Gasteiger partial charge is 0.497 e. The Bertz CT molecular complexity index is 1130. The van der Waals surface area contributed by atoms with Crippen LogP contribution in [0.1, 0.15) is 18.1 Å². The Labute approximate surface area is 183 Å². The lowest BCUT2D eigenvalue weighted by molar-refractivity contribution is 0.270. The van der Waals surface area contributed by atoms with Gasteiger partial charge in [-0.2, -0.15) is 0 Å². The Hall–Kier alpha value is -3.66. The molecule has 0 aliphatic heterocycles. The molecule has 0 aliphatic carbocycles. The lowest BCUT2D eigenvalue weighted by Gasteiger charge is -2.15. The highest BCUT2D eigenvalue weighted by Gasteiger charge is 2.09. The van der Waals surface area contributed by atoms with E-state index in [0.29, 0.717) is 19.8 Å². The second kappa shape index (κ2) is 9.90. The highest BCUT2D eigenvalue weighted by molar-refractivity contribution is 5.85. The Morgan fingerprint density at radius 2 is 1.58 bits per heavy atom. The van der Waals surface area contributed by atoms with Crippen molar-refractivity contribution < 1.29 is 14.2 Å². The van der Waals surface area contributed by atoms with E-state index in [1.807, 2.05) is 43.3 Å². The molecule has 0 aromatic heterocycles. The van der Waals surface area contributed by atoms with Gasteiger partial charge in [0.25, 0.3) is 0 Å². The number of anilines is 1. The van der Waals surface area contributed by atoms with Crippen molar-refractivity contribution in [2.75, 3.05) is 19.0 Å². The highest BCUT2D eigenvalue weighted by atomic mass is 16.5. The number of methoxy groups -OCH3 is 1. The zero-order valence-electron chi connectivity index (χ0n) is 17.9. The van der Waals surface area contributed by atoms with Gasteiger partial charge in [0.2, 0.25) is 0 Å². The molecule has 0 spiro atoms. The van der Waals surface area contributed by atoms with E-state index < -0.39 is 0 Å². The Morgan fingerprint density at radius 3 is 2.39 bits per heavy atom. The first kappa shape index (κ1) is 20.6. The molecule has 4 rings (SSSR count). The molecule has 0 fully saturated rings. The summed E-state index contributed by atoms with van der Waals surface area (Å²) in [4.78, 5) is 0. The number of ether oxygens (including phenoxy) is 3. The smallest absolute Gasteiger partial charge is 0.161 e. The maximum Gasteiger partial charge on any atom is 0.161 e. The van der Waals surface area contributed by atoms with Crippen molar-refractivity contribution >= 4 is 16.5 Å². The van der Waals surface area contributed by atoms with Gasteiger partial charge in [-0.05, 0) is 65.2 Å². The topological polar surface area (TPSA) is 39.7 Å². The third-order valence-corrected chi connectivity index (χ3v) is 5.16. The fourth-order valence-electron chi connectivity index (χ4n) is 3.54. The van der Waals surface area contributed by atoms with Gasteiger partial charge in [0.05, 0.1) is 13.7 Å². The normalized spacial score (nSPS) is 10.6. The van der Waals surface area contributed by atoms with Crippen molar-refractivity contribution in [2.45, 2.75) is 20.1 Å². The maximum absolute atomic E-state index is 6.17. The molecular formula is C27H27NO3. The molecule has 0 atom stereocenters. The maximum atomic E-state index is 6.17. The quantitative estimate of drug-likeness (QED) is 0.343. The molecule has 158 valence electrons. The van der Waals surface area contributed by atoms with Crippen molar-refractivity contribution in [2.24, 2.45) is 0 Å². The van der Waals surface area contributed by atoms with Crippen LogP contribution in [0.3, 0.4) is 0 Å². The molecule has 0 saturated carbocycles.